The first-order chi connectivity index (χ1) is 14.6. The molecule has 2 aromatic carbocycles. The van der Waals surface area contributed by atoms with E-state index in [1.54, 1.807) is 0 Å². The van der Waals surface area contributed by atoms with Crippen molar-refractivity contribution in [3.8, 4) is 5.75 Å². The van der Waals surface area contributed by atoms with Gasteiger partial charge in [0.05, 0.1) is 6.61 Å². The summed E-state index contributed by atoms with van der Waals surface area (Å²) >= 11 is 6.10. The number of nitrogens with zero attached hydrogens (tertiary/aromatic N) is 1. The molecule has 0 saturated carbocycles. The molecule has 1 aliphatic rings. The predicted octanol–water partition coefficient (Wildman–Crippen LogP) is 6.41. The highest BCUT2D eigenvalue weighted by molar-refractivity contribution is 6.31. The van der Waals surface area contributed by atoms with Crippen LogP contribution in [0.25, 0.3) is 10.9 Å². The van der Waals surface area contributed by atoms with E-state index in [-0.39, 0.29) is 6.03 Å². The first-order valence-corrected chi connectivity index (χ1v) is 11.1. The third-order valence-electron chi connectivity index (χ3n) is 5.70. The number of aromatic nitrogens is 1. The van der Waals surface area contributed by atoms with Crippen molar-refractivity contribution >= 4 is 34.2 Å². The SMILES string of the molecule is CCCCOc1ccc(NC(=O)N2CCC(c3cc4cc(Cl)ccc4[nH]3)CC2)cc1. The standard InChI is InChI=1S/C24H28ClN3O2/c1-2-3-14-30-21-7-5-20(6-8-21)26-24(29)28-12-10-17(11-13-28)23-16-18-15-19(25)4-9-22(18)27-23/h4-9,15-17,27H,2-3,10-14H2,1H3,(H,26,29). The summed E-state index contributed by atoms with van der Waals surface area (Å²) < 4.78 is 5.67. The van der Waals surface area contributed by atoms with Gasteiger partial charge in [0.25, 0.3) is 0 Å². The monoisotopic (exact) mass is 425 g/mol. The van der Waals surface area contributed by atoms with E-state index in [4.69, 9.17) is 16.3 Å². The molecule has 5 nitrogen and oxygen atoms in total. The molecule has 6 heteroatoms. The molecular formula is C24H28ClN3O2. The Morgan fingerprint density at radius 2 is 1.93 bits per heavy atom. The molecular weight excluding hydrogens is 398 g/mol. The summed E-state index contributed by atoms with van der Waals surface area (Å²) in [6, 6.07) is 15.6. The van der Waals surface area contributed by atoms with Crippen LogP contribution < -0.4 is 10.1 Å². The van der Waals surface area contributed by atoms with Gasteiger partial charge in [-0.05, 0) is 67.8 Å². The van der Waals surface area contributed by atoms with Crippen LogP contribution >= 0.6 is 11.6 Å². The van der Waals surface area contributed by atoms with Crippen molar-refractivity contribution in [2.45, 2.75) is 38.5 Å². The van der Waals surface area contributed by atoms with Crippen LogP contribution in [0.15, 0.2) is 48.5 Å². The third-order valence-corrected chi connectivity index (χ3v) is 5.93. The molecule has 0 bridgehead atoms. The second-order valence-corrected chi connectivity index (χ2v) is 8.31. The molecule has 4 rings (SSSR count). The van der Waals surface area contributed by atoms with Crippen LogP contribution in [0.1, 0.15) is 44.2 Å². The predicted molar refractivity (Wildman–Crippen MR) is 123 cm³/mol. The number of amides is 2. The molecule has 3 aromatic rings. The molecule has 2 amide bonds. The number of likely N-dealkylation sites (tertiary alicyclic amines) is 1. The Labute approximate surface area is 182 Å². The number of anilines is 1. The average molecular weight is 426 g/mol. The van der Waals surface area contributed by atoms with Crippen molar-refractivity contribution in [2.24, 2.45) is 0 Å². The van der Waals surface area contributed by atoms with Crippen LogP contribution in [-0.2, 0) is 0 Å². The molecule has 2 N–H and O–H groups in total. The van der Waals surface area contributed by atoms with Crippen molar-refractivity contribution < 1.29 is 9.53 Å². The Balaban J connectivity index is 1.29. The highest BCUT2D eigenvalue weighted by Gasteiger charge is 2.25. The van der Waals surface area contributed by atoms with Gasteiger partial charge in [-0.1, -0.05) is 24.9 Å². The molecule has 1 aromatic heterocycles. The number of piperidine rings is 1. The molecule has 1 fully saturated rings. The van der Waals surface area contributed by atoms with Gasteiger partial charge in [0.1, 0.15) is 5.75 Å². The van der Waals surface area contributed by atoms with Gasteiger partial charge in [0, 0.05) is 46.3 Å². The Kier molecular flexibility index (Phi) is 6.48. The number of carbonyl (C=O) groups is 1. The number of hydrogen-bond acceptors (Lipinski definition) is 2. The summed E-state index contributed by atoms with van der Waals surface area (Å²) in [5.41, 5.74) is 3.13. The summed E-state index contributed by atoms with van der Waals surface area (Å²) in [6.07, 6.45) is 4.04. The minimum absolute atomic E-state index is 0.0449. The summed E-state index contributed by atoms with van der Waals surface area (Å²) in [7, 11) is 0. The first kappa shape index (κ1) is 20.6. The maximum absolute atomic E-state index is 12.6. The highest BCUT2D eigenvalue weighted by atomic mass is 35.5. The maximum atomic E-state index is 12.6. The first-order valence-electron chi connectivity index (χ1n) is 10.7. The minimum Gasteiger partial charge on any atom is -0.494 e. The van der Waals surface area contributed by atoms with Gasteiger partial charge in [0.2, 0.25) is 0 Å². The molecule has 1 saturated heterocycles. The lowest BCUT2D eigenvalue weighted by Crippen LogP contribution is -2.40. The molecule has 1 aliphatic heterocycles. The topological polar surface area (TPSA) is 57.4 Å². The number of halogens is 1. The van der Waals surface area contributed by atoms with Gasteiger partial charge in [-0.2, -0.15) is 0 Å². The van der Waals surface area contributed by atoms with Crippen LogP contribution in [0, 0.1) is 0 Å². The van der Waals surface area contributed by atoms with E-state index in [1.165, 1.54) is 5.69 Å². The molecule has 0 radical (unpaired) electrons. The number of fused-ring (bicyclic) bond motifs is 1. The highest BCUT2D eigenvalue weighted by Crippen LogP contribution is 2.31. The van der Waals surface area contributed by atoms with E-state index >= 15 is 0 Å². The summed E-state index contributed by atoms with van der Waals surface area (Å²) in [5.74, 6) is 1.27. The normalized spacial score (nSPS) is 14.8. The summed E-state index contributed by atoms with van der Waals surface area (Å²) in [5, 5.41) is 4.89. The van der Waals surface area contributed by atoms with E-state index in [0.717, 1.165) is 72.7 Å². The number of unbranched alkanes of at least 4 members (excludes halogenated alkanes) is 1. The van der Waals surface area contributed by atoms with Crippen LogP contribution in [0.5, 0.6) is 5.75 Å². The Morgan fingerprint density at radius 3 is 2.67 bits per heavy atom. The van der Waals surface area contributed by atoms with Crippen LogP contribution in [0.3, 0.4) is 0 Å². The van der Waals surface area contributed by atoms with Gasteiger partial charge in [-0.15, -0.1) is 0 Å². The zero-order valence-electron chi connectivity index (χ0n) is 17.3. The second-order valence-electron chi connectivity index (χ2n) is 7.87. The minimum atomic E-state index is -0.0449. The quantitative estimate of drug-likeness (QED) is 0.448. The second kappa shape index (κ2) is 9.43. The fraction of sp³-hybridized carbons (Fsp3) is 0.375. The smallest absolute Gasteiger partial charge is 0.321 e. The third kappa shape index (κ3) is 4.90. The number of aromatic amines is 1. The molecule has 158 valence electrons. The van der Waals surface area contributed by atoms with Crippen molar-refractivity contribution in [1.29, 1.82) is 0 Å². The van der Waals surface area contributed by atoms with Gasteiger partial charge < -0.3 is 19.9 Å². The largest absolute Gasteiger partial charge is 0.494 e. The molecule has 2 heterocycles. The van der Waals surface area contributed by atoms with Crippen LogP contribution in [0.4, 0.5) is 10.5 Å². The number of benzene rings is 2. The lowest BCUT2D eigenvalue weighted by molar-refractivity contribution is 0.194. The lowest BCUT2D eigenvalue weighted by Gasteiger charge is -2.31. The summed E-state index contributed by atoms with van der Waals surface area (Å²) in [6.45, 7) is 4.34. The van der Waals surface area contributed by atoms with Crippen molar-refractivity contribution in [3.63, 3.8) is 0 Å². The lowest BCUT2D eigenvalue weighted by atomic mass is 9.94. The van der Waals surface area contributed by atoms with Crippen molar-refractivity contribution in [2.75, 3.05) is 25.0 Å². The van der Waals surface area contributed by atoms with E-state index in [9.17, 15) is 4.79 Å². The Hall–Kier alpha value is -2.66. The molecule has 0 unspecified atom stereocenters. The van der Waals surface area contributed by atoms with Crippen LogP contribution in [0.2, 0.25) is 5.02 Å². The molecule has 0 atom stereocenters. The number of hydrogen-bond donors (Lipinski definition) is 2. The van der Waals surface area contributed by atoms with E-state index < -0.39 is 0 Å². The Bertz CT molecular complexity index is 991. The molecule has 0 aliphatic carbocycles. The van der Waals surface area contributed by atoms with Gasteiger partial charge in [-0.3, -0.25) is 0 Å². The fourth-order valence-corrected chi connectivity index (χ4v) is 4.09. The van der Waals surface area contributed by atoms with Crippen molar-refractivity contribution in [1.82, 2.24) is 9.88 Å². The van der Waals surface area contributed by atoms with Gasteiger partial charge in [-0.25, -0.2) is 4.79 Å². The molecule has 30 heavy (non-hydrogen) atoms. The Morgan fingerprint density at radius 1 is 1.17 bits per heavy atom. The number of nitrogens with one attached hydrogen (secondary N) is 2. The number of H-pyrrole nitrogens is 1. The summed E-state index contributed by atoms with van der Waals surface area (Å²) in [4.78, 5) is 18.0. The maximum Gasteiger partial charge on any atom is 0.321 e. The van der Waals surface area contributed by atoms with E-state index in [2.05, 4.69) is 23.3 Å². The molecule has 0 spiro atoms. The zero-order chi connectivity index (χ0) is 20.9. The van der Waals surface area contributed by atoms with Crippen molar-refractivity contribution in [3.05, 3.63) is 59.2 Å². The average Bonchev–Trinajstić information content (AvgIpc) is 3.18. The van der Waals surface area contributed by atoms with Gasteiger partial charge in [0.15, 0.2) is 0 Å². The van der Waals surface area contributed by atoms with Crippen LogP contribution in [-0.4, -0.2) is 35.6 Å². The van der Waals surface area contributed by atoms with E-state index in [1.807, 2.05) is 47.4 Å². The van der Waals surface area contributed by atoms with E-state index in [0.29, 0.717) is 5.92 Å². The zero-order valence-corrected chi connectivity index (χ0v) is 18.0. The van der Waals surface area contributed by atoms with Gasteiger partial charge >= 0.3 is 6.03 Å². The number of ether oxygens (including phenoxy) is 1. The number of rotatable bonds is 6. The number of carbonyl (C=O) groups excluding carboxylic acids is 1. The number of urea groups is 1. The fourth-order valence-electron chi connectivity index (χ4n) is 3.91.